The average molecular weight is 293 g/mol. The first-order valence-electron chi connectivity index (χ1n) is 6.32. The van der Waals surface area contributed by atoms with Crippen LogP contribution in [0.2, 0.25) is 0 Å². The highest BCUT2D eigenvalue weighted by Gasteiger charge is 2.26. The summed E-state index contributed by atoms with van der Waals surface area (Å²) in [5, 5.41) is 11.1. The summed E-state index contributed by atoms with van der Waals surface area (Å²) in [6, 6.07) is 7.72. The fourth-order valence-electron chi connectivity index (χ4n) is 2.00. The van der Waals surface area contributed by atoms with Crippen LogP contribution in [0.15, 0.2) is 24.3 Å². The van der Waals surface area contributed by atoms with Crippen LogP contribution in [0.3, 0.4) is 0 Å². The van der Waals surface area contributed by atoms with E-state index in [0.29, 0.717) is 6.61 Å². The third-order valence-electron chi connectivity index (χ3n) is 2.87. The van der Waals surface area contributed by atoms with Crippen LogP contribution in [0.4, 0.5) is 0 Å². The lowest BCUT2D eigenvalue weighted by atomic mass is 10.1. The molecular weight excluding hydrogens is 274 g/mol. The predicted octanol–water partition coefficient (Wildman–Crippen LogP) is 3.19. The minimum Gasteiger partial charge on any atom is -0.496 e. The summed E-state index contributed by atoms with van der Waals surface area (Å²) in [6.45, 7) is 3.89. The molecule has 0 aliphatic heterocycles. The van der Waals surface area contributed by atoms with Crippen molar-refractivity contribution >= 4 is 11.3 Å². The molecule has 108 valence electrons. The zero-order chi connectivity index (χ0) is 14.8. The molecule has 1 heterocycles. The van der Waals surface area contributed by atoms with Crippen molar-refractivity contribution in [3.8, 4) is 16.3 Å². The molecule has 0 amide bonds. The van der Waals surface area contributed by atoms with Crippen molar-refractivity contribution in [1.29, 1.82) is 0 Å². The number of para-hydroxylation sites is 1. The molecule has 1 aromatic carbocycles. The molecule has 0 spiro atoms. The highest BCUT2D eigenvalue weighted by molar-refractivity contribution is 7.15. The molecule has 0 fully saturated rings. The van der Waals surface area contributed by atoms with Crippen LogP contribution < -0.4 is 4.74 Å². The Balaban J connectivity index is 2.53. The van der Waals surface area contributed by atoms with E-state index in [0.717, 1.165) is 26.9 Å². The highest BCUT2D eigenvalue weighted by atomic mass is 32.1. The van der Waals surface area contributed by atoms with Crippen LogP contribution in [0.1, 0.15) is 24.4 Å². The van der Waals surface area contributed by atoms with Crippen molar-refractivity contribution in [3.05, 3.63) is 34.8 Å². The number of nitrogens with zero attached hydrogens (tertiary/aromatic N) is 1. The van der Waals surface area contributed by atoms with Gasteiger partial charge < -0.3 is 14.6 Å². The maximum Gasteiger partial charge on any atom is 0.129 e. The molecule has 0 aliphatic rings. The van der Waals surface area contributed by atoms with E-state index in [1.807, 2.05) is 24.3 Å². The van der Waals surface area contributed by atoms with Gasteiger partial charge in [-0.3, -0.25) is 0 Å². The average Bonchev–Trinajstić information content (AvgIpc) is 2.83. The lowest BCUT2D eigenvalue weighted by molar-refractivity contribution is 0.0782. The van der Waals surface area contributed by atoms with Gasteiger partial charge in [0.05, 0.1) is 35.5 Å². The number of rotatable bonds is 5. The Morgan fingerprint density at radius 1 is 1.25 bits per heavy atom. The SMILES string of the molecule is COCc1nc(-c2ccccc2OC)sc1C(C)(C)O. The number of methoxy groups -OCH3 is 2. The van der Waals surface area contributed by atoms with E-state index in [2.05, 4.69) is 4.98 Å². The first kappa shape index (κ1) is 15.0. The van der Waals surface area contributed by atoms with Gasteiger partial charge >= 0.3 is 0 Å². The van der Waals surface area contributed by atoms with Crippen LogP contribution in [0.5, 0.6) is 5.75 Å². The van der Waals surface area contributed by atoms with Gasteiger partial charge in [0.25, 0.3) is 0 Å². The molecule has 0 atom stereocenters. The van der Waals surface area contributed by atoms with Crippen molar-refractivity contribution in [1.82, 2.24) is 4.98 Å². The molecule has 0 saturated carbocycles. The molecule has 5 heteroatoms. The molecule has 2 aromatic rings. The second kappa shape index (κ2) is 5.91. The van der Waals surface area contributed by atoms with E-state index in [1.165, 1.54) is 11.3 Å². The first-order chi connectivity index (χ1) is 9.47. The van der Waals surface area contributed by atoms with Crippen LogP contribution >= 0.6 is 11.3 Å². The van der Waals surface area contributed by atoms with Gasteiger partial charge in [0, 0.05) is 7.11 Å². The van der Waals surface area contributed by atoms with Gasteiger partial charge in [0.15, 0.2) is 0 Å². The molecule has 20 heavy (non-hydrogen) atoms. The van der Waals surface area contributed by atoms with E-state index in [1.54, 1.807) is 28.1 Å². The largest absolute Gasteiger partial charge is 0.496 e. The molecule has 1 N–H and O–H groups in total. The summed E-state index contributed by atoms with van der Waals surface area (Å²) in [5.74, 6) is 0.771. The normalized spacial score (nSPS) is 11.7. The zero-order valence-electron chi connectivity index (χ0n) is 12.1. The van der Waals surface area contributed by atoms with Crippen LogP contribution in [0, 0.1) is 0 Å². The maximum atomic E-state index is 10.3. The number of ether oxygens (including phenoxy) is 2. The summed E-state index contributed by atoms with van der Waals surface area (Å²) in [5.41, 5.74) is 0.755. The number of benzene rings is 1. The number of aromatic nitrogens is 1. The predicted molar refractivity (Wildman–Crippen MR) is 80.1 cm³/mol. The minimum atomic E-state index is -0.939. The fourth-order valence-corrected chi connectivity index (χ4v) is 3.10. The van der Waals surface area contributed by atoms with E-state index >= 15 is 0 Å². The second-order valence-corrected chi connectivity index (χ2v) is 5.99. The van der Waals surface area contributed by atoms with Gasteiger partial charge in [-0.15, -0.1) is 11.3 Å². The molecule has 0 radical (unpaired) electrons. The monoisotopic (exact) mass is 293 g/mol. The lowest BCUT2D eigenvalue weighted by Crippen LogP contribution is -2.16. The summed E-state index contributed by atoms with van der Waals surface area (Å²) >= 11 is 1.47. The Bertz CT molecular complexity index is 587. The Labute approximate surface area is 123 Å². The van der Waals surface area contributed by atoms with E-state index in [-0.39, 0.29) is 0 Å². The van der Waals surface area contributed by atoms with Gasteiger partial charge in [-0.2, -0.15) is 0 Å². The summed E-state index contributed by atoms with van der Waals surface area (Å²) in [6.07, 6.45) is 0. The third-order valence-corrected chi connectivity index (χ3v) is 4.32. The Hall–Kier alpha value is -1.43. The zero-order valence-corrected chi connectivity index (χ0v) is 13.0. The smallest absolute Gasteiger partial charge is 0.129 e. The summed E-state index contributed by atoms with van der Waals surface area (Å²) < 4.78 is 10.5. The van der Waals surface area contributed by atoms with Crippen molar-refractivity contribution in [2.45, 2.75) is 26.1 Å². The van der Waals surface area contributed by atoms with Crippen LogP contribution in [0.25, 0.3) is 10.6 Å². The maximum absolute atomic E-state index is 10.3. The minimum absolute atomic E-state index is 0.380. The standard InChI is InChI=1S/C15H19NO3S/c1-15(2,17)13-11(9-18-3)16-14(20-13)10-7-5-6-8-12(10)19-4/h5-8,17H,9H2,1-4H3. The molecule has 1 aromatic heterocycles. The molecule has 0 aliphatic carbocycles. The van der Waals surface area contributed by atoms with E-state index in [9.17, 15) is 5.11 Å². The topological polar surface area (TPSA) is 51.6 Å². The first-order valence-corrected chi connectivity index (χ1v) is 7.14. The van der Waals surface area contributed by atoms with E-state index < -0.39 is 5.60 Å². The van der Waals surface area contributed by atoms with Crippen LogP contribution in [-0.4, -0.2) is 24.3 Å². The quantitative estimate of drug-likeness (QED) is 0.920. The molecular formula is C15H19NO3S. The molecule has 0 unspecified atom stereocenters. The van der Waals surface area contributed by atoms with Gasteiger partial charge in [-0.25, -0.2) is 4.98 Å². The van der Waals surface area contributed by atoms with Crippen LogP contribution in [-0.2, 0) is 16.9 Å². The fraction of sp³-hybridized carbons (Fsp3) is 0.400. The molecule has 0 bridgehead atoms. The van der Waals surface area contributed by atoms with Gasteiger partial charge in [0.1, 0.15) is 10.8 Å². The van der Waals surface area contributed by atoms with Gasteiger partial charge in [-0.05, 0) is 26.0 Å². The van der Waals surface area contributed by atoms with Crippen molar-refractivity contribution in [2.75, 3.05) is 14.2 Å². The van der Waals surface area contributed by atoms with Gasteiger partial charge in [-0.1, -0.05) is 12.1 Å². The Morgan fingerprint density at radius 2 is 1.95 bits per heavy atom. The molecule has 0 saturated heterocycles. The highest BCUT2D eigenvalue weighted by Crippen LogP contribution is 2.38. The Kier molecular flexibility index (Phi) is 4.42. The number of hydrogen-bond acceptors (Lipinski definition) is 5. The van der Waals surface area contributed by atoms with Crippen molar-refractivity contribution in [2.24, 2.45) is 0 Å². The molecule has 4 nitrogen and oxygen atoms in total. The number of aliphatic hydroxyl groups is 1. The van der Waals surface area contributed by atoms with Gasteiger partial charge in [0.2, 0.25) is 0 Å². The summed E-state index contributed by atoms with van der Waals surface area (Å²) in [7, 11) is 3.26. The van der Waals surface area contributed by atoms with Crippen molar-refractivity contribution in [3.63, 3.8) is 0 Å². The third kappa shape index (κ3) is 3.00. The van der Waals surface area contributed by atoms with E-state index in [4.69, 9.17) is 9.47 Å². The van der Waals surface area contributed by atoms with Crippen molar-refractivity contribution < 1.29 is 14.6 Å². The molecule has 2 rings (SSSR count). The lowest BCUT2D eigenvalue weighted by Gasteiger charge is -2.16. The summed E-state index contributed by atoms with van der Waals surface area (Å²) in [4.78, 5) is 5.42. The number of thiazole rings is 1. The number of hydrogen-bond donors (Lipinski definition) is 1. The Morgan fingerprint density at radius 3 is 2.55 bits per heavy atom. The second-order valence-electron chi connectivity index (χ2n) is 4.99.